The maximum Gasteiger partial charge on any atom is 0.322 e. The SMILES string of the molecule is C[NH+](C)CCN(Cc1cc2cc3c(cc2[nH]c1=O)OCO3)C(=O)Nc1ccccc1. The predicted octanol–water partition coefficient (Wildman–Crippen LogP) is 1.44. The Kier molecular flexibility index (Phi) is 5.58. The number of carbonyl (C=O) groups is 1. The van der Waals surface area contributed by atoms with Crippen LogP contribution in [-0.2, 0) is 6.54 Å². The van der Waals surface area contributed by atoms with Crippen molar-refractivity contribution in [3.63, 3.8) is 0 Å². The Labute approximate surface area is 174 Å². The van der Waals surface area contributed by atoms with E-state index in [1.54, 1.807) is 17.0 Å². The first-order valence-electron chi connectivity index (χ1n) is 9.85. The van der Waals surface area contributed by atoms with Gasteiger partial charge in [0.25, 0.3) is 5.56 Å². The number of amides is 2. The van der Waals surface area contributed by atoms with Crippen LogP contribution in [-0.4, -0.2) is 49.9 Å². The van der Waals surface area contributed by atoms with Crippen LogP contribution in [0, 0.1) is 0 Å². The maximum atomic E-state index is 12.9. The molecule has 0 aliphatic carbocycles. The fraction of sp³-hybridized carbons (Fsp3) is 0.273. The van der Waals surface area contributed by atoms with Crippen molar-refractivity contribution in [2.24, 2.45) is 0 Å². The van der Waals surface area contributed by atoms with E-state index in [-0.39, 0.29) is 24.9 Å². The lowest BCUT2D eigenvalue weighted by atomic mass is 10.1. The van der Waals surface area contributed by atoms with Gasteiger partial charge in [-0.15, -0.1) is 0 Å². The quantitative estimate of drug-likeness (QED) is 0.575. The number of fused-ring (bicyclic) bond motifs is 2. The number of rotatable bonds is 6. The topological polar surface area (TPSA) is 88.1 Å². The van der Waals surface area contributed by atoms with E-state index in [9.17, 15) is 9.59 Å². The largest absolute Gasteiger partial charge is 0.454 e. The molecule has 2 heterocycles. The summed E-state index contributed by atoms with van der Waals surface area (Å²) >= 11 is 0. The molecule has 3 N–H and O–H groups in total. The van der Waals surface area contributed by atoms with Crippen LogP contribution in [0.3, 0.4) is 0 Å². The van der Waals surface area contributed by atoms with Gasteiger partial charge in [0.1, 0.15) is 0 Å². The molecule has 0 atom stereocenters. The molecular formula is C22H25N4O4+. The second kappa shape index (κ2) is 8.46. The second-order valence-electron chi connectivity index (χ2n) is 7.59. The van der Waals surface area contributed by atoms with Gasteiger partial charge < -0.3 is 29.6 Å². The Hall–Kier alpha value is -3.52. The van der Waals surface area contributed by atoms with Crippen LogP contribution in [0.15, 0.2) is 53.3 Å². The fourth-order valence-corrected chi connectivity index (χ4v) is 3.30. The number of quaternary nitrogens is 1. The van der Waals surface area contributed by atoms with Crippen LogP contribution in [0.5, 0.6) is 11.5 Å². The summed E-state index contributed by atoms with van der Waals surface area (Å²) in [6.07, 6.45) is 0. The first kappa shape index (κ1) is 19.8. The third-order valence-electron chi connectivity index (χ3n) is 4.97. The van der Waals surface area contributed by atoms with Crippen molar-refractivity contribution in [3.8, 4) is 11.5 Å². The number of carbonyl (C=O) groups excluding carboxylic acids is 1. The van der Waals surface area contributed by atoms with E-state index in [0.717, 1.165) is 11.9 Å². The molecule has 0 saturated carbocycles. The normalized spacial score (nSPS) is 12.4. The zero-order valence-corrected chi connectivity index (χ0v) is 17.0. The molecule has 0 bridgehead atoms. The van der Waals surface area contributed by atoms with Crippen LogP contribution in [0.25, 0.3) is 10.9 Å². The van der Waals surface area contributed by atoms with Crippen LogP contribution >= 0.6 is 0 Å². The van der Waals surface area contributed by atoms with Gasteiger partial charge in [-0.3, -0.25) is 4.79 Å². The monoisotopic (exact) mass is 409 g/mol. The van der Waals surface area contributed by atoms with Crippen molar-refractivity contribution in [2.45, 2.75) is 6.54 Å². The van der Waals surface area contributed by atoms with E-state index in [1.807, 2.05) is 50.5 Å². The molecule has 0 spiro atoms. The zero-order chi connectivity index (χ0) is 21.1. The van der Waals surface area contributed by atoms with E-state index >= 15 is 0 Å². The standard InChI is InChI=1S/C22H24N4O4/c1-25(2)8-9-26(22(28)23-17-6-4-3-5-7-17)13-16-10-15-11-19-20(30-14-29-19)12-18(15)24-21(16)27/h3-7,10-12H,8-9,13-14H2,1-2H3,(H,23,28)(H,24,27)/p+1. The minimum Gasteiger partial charge on any atom is -0.454 e. The Morgan fingerprint density at radius 1 is 1.13 bits per heavy atom. The molecule has 156 valence electrons. The molecule has 0 radical (unpaired) electrons. The molecule has 1 aromatic heterocycles. The van der Waals surface area contributed by atoms with Crippen molar-refractivity contribution in [1.29, 1.82) is 0 Å². The molecule has 30 heavy (non-hydrogen) atoms. The molecule has 8 heteroatoms. The van der Waals surface area contributed by atoms with Gasteiger partial charge in [0.2, 0.25) is 6.79 Å². The number of likely N-dealkylation sites (N-methyl/N-ethyl adjacent to an activating group) is 1. The Morgan fingerprint density at radius 2 is 1.87 bits per heavy atom. The third kappa shape index (κ3) is 4.38. The number of nitrogens with one attached hydrogen (secondary N) is 3. The van der Waals surface area contributed by atoms with Crippen molar-refractivity contribution >= 4 is 22.6 Å². The number of urea groups is 1. The number of H-pyrrole nitrogens is 1. The summed E-state index contributed by atoms with van der Waals surface area (Å²) in [6.45, 7) is 1.64. The third-order valence-corrected chi connectivity index (χ3v) is 4.97. The van der Waals surface area contributed by atoms with Gasteiger partial charge in [-0.2, -0.15) is 0 Å². The first-order valence-corrected chi connectivity index (χ1v) is 9.85. The number of benzene rings is 2. The molecule has 2 amide bonds. The summed E-state index contributed by atoms with van der Waals surface area (Å²) in [6, 6.07) is 14.5. The van der Waals surface area contributed by atoms with E-state index in [2.05, 4.69) is 10.3 Å². The van der Waals surface area contributed by atoms with E-state index in [0.29, 0.717) is 34.8 Å². The number of hydrogen-bond donors (Lipinski definition) is 3. The molecule has 1 aliphatic rings. The number of pyridine rings is 1. The van der Waals surface area contributed by atoms with Crippen molar-refractivity contribution in [1.82, 2.24) is 9.88 Å². The number of aromatic nitrogens is 1. The van der Waals surface area contributed by atoms with Gasteiger partial charge in [-0.05, 0) is 24.3 Å². The maximum absolute atomic E-state index is 12.9. The Balaban J connectivity index is 1.60. The smallest absolute Gasteiger partial charge is 0.322 e. The first-order chi connectivity index (χ1) is 14.5. The minimum atomic E-state index is -0.243. The summed E-state index contributed by atoms with van der Waals surface area (Å²) in [7, 11) is 4.05. The van der Waals surface area contributed by atoms with Gasteiger partial charge in [0, 0.05) is 22.7 Å². The fourth-order valence-electron chi connectivity index (χ4n) is 3.30. The number of hydrogen-bond acceptors (Lipinski definition) is 4. The summed E-state index contributed by atoms with van der Waals surface area (Å²) in [5, 5.41) is 3.73. The summed E-state index contributed by atoms with van der Waals surface area (Å²) in [4.78, 5) is 31.4. The highest BCUT2D eigenvalue weighted by molar-refractivity contribution is 5.89. The molecule has 1 aliphatic heterocycles. The Morgan fingerprint density at radius 3 is 2.60 bits per heavy atom. The van der Waals surface area contributed by atoms with E-state index in [1.165, 1.54) is 4.90 Å². The molecule has 8 nitrogen and oxygen atoms in total. The van der Waals surface area contributed by atoms with Crippen LogP contribution < -0.4 is 25.2 Å². The Bertz CT molecular complexity index is 1110. The molecule has 0 unspecified atom stereocenters. The van der Waals surface area contributed by atoms with Crippen molar-refractivity contribution in [3.05, 3.63) is 64.4 Å². The lowest BCUT2D eigenvalue weighted by molar-refractivity contribution is -0.857. The van der Waals surface area contributed by atoms with E-state index in [4.69, 9.17) is 9.47 Å². The lowest BCUT2D eigenvalue weighted by Gasteiger charge is -2.23. The summed E-state index contributed by atoms with van der Waals surface area (Å²) < 4.78 is 10.8. The summed E-state index contributed by atoms with van der Waals surface area (Å²) in [5.74, 6) is 1.26. The molecule has 0 saturated heterocycles. The van der Waals surface area contributed by atoms with E-state index < -0.39 is 0 Å². The average molecular weight is 409 g/mol. The van der Waals surface area contributed by atoms with Gasteiger partial charge in [-0.1, -0.05) is 18.2 Å². The average Bonchev–Trinajstić information content (AvgIpc) is 3.17. The van der Waals surface area contributed by atoms with Gasteiger partial charge >= 0.3 is 6.03 Å². The van der Waals surface area contributed by atoms with Gasteiger partial charge in [-0.25, -0.2) is 4.79 Å². The number of aromatic amines is 1. The van der Waals surface area contributed by atoms with Crippen LogP contribution in [0.1, 0.15) is 5.56 Å². The second-order valence-corrected chi connectivity index (χ2v) is 7.59. The van der Waals surface area contributed by atoms with Crippen molar-refractivity contribution in [2.75, 3.05) is 39.3 Å². The van der Waals surface area contributed by atoms with Gasteiger partial charge in [0.05, 0.1) is 39.2 Å². The molecular weight excluding hydrogens is 384 g/mol. The van der Waals surface area contributed by atoms with Crippen molar-refractivity contribution < 1.29 is 19.2 Å². The number of ether oxygens (including phenoxy) is 2. The lowest BCUT2D eigenvalue weighted by Crippen LogP contribution is -3.06. The van der Waals surface area contributed by atoms with Crippen LogP contribution in [0.2, 0.25) is 0 Å². The van der Waals surface area contributed by atoms with Crippen LogP contribution in [0.4, 0.5) is 10.5 Å². The molecule has 3 aromatic rings. The molecule has 2 aromatic carbocycles. The van der Waals surface area contributed by atoms with Gasteiger partial charge in [0.15, 0.2) is 11.5 Å². The zero-order valence-electron chi connectivity index (χ0n) is 17.0. The number of nitrogens with zero attached hydrogens (tertiary/aromatic N) is 1. The highest BCUT2D eigenvalue weighted by atomic mass is 16.7. The molecule has 0 fully saturated rings. The highest BCUT2D eigenvalue weighted by Crippen LogP contribution is 2.35. The number of anilines is 1. The number of para-hydroxylation sites is 1. The predicted molar refractivity (Wildman–Crippen MR) is 114 cm³/mol. The molecule has 4 rings (SSSR count). The summed E-state index contributed by atoms with van der Waals surface area (Å²) in [5.41, 5.74) is 1.67. The minimum absolute atomic E-state index is 0.170. The highest BCUT2D eigenvalue weighted by Gasteiger charge is 2.19.